The van der Waals surface area contributed by atoms with Crippen molar-refractivity contribution in [2.45, 2.75) is 18.9 Å². The second-order valence-electron chi connectivity index (χ2n) is 6.89. The van der Waals surface area contributed by atoms with Crippen molar-refractivity contribution in [2.75, 3.05) is 7.11 Å². The first-order valence-corrected chi connectivity index (χ1v) is 9.39. The van der Waals surface area contributed by atoms with Crippen LogP contribution in [-0.2, 0) is 17.6 Å². The third kappa shape index (κ3) is 3.96. The van der Waals surface area contributed by atoms with Crippen LogP contribution in [0.5, 0.6) is 0 Å². The van der Waals surface area contributed by atoms with Gasteiger partial charge in [0.25, 0.3) is 0 Å². The van der Waals surface area contributed by atoms with Crippen molar-refractivity contribution < 1.29 is 9.53 Å². The Labute approximate surface area is 164 Å². The molecule has 0 spiro atoms. The number of carbonyl (C=O) groups is 1. The third-order valence-corrected chi connectivity index (χ3v) is 4.97. The van der Waals surface area contributed by atoms with E-state index in [1.807, 2.05) is 42.5 Å². The number of carbonyl (C=O) groups excluding carboxylic acids is 1. The van der Waals surface area contributed by atoms with Crippen LogP contribution >= 0.6 is 0 Å². The molecule has 4 rings (SSSR count). The van der Waals surface area contributed by atoms with E-state index in [2.05, 4.69) is 41.7 Å². The molecule has 4 nitrogen and oxygen atoms in total. The first kappa shape index (κ1) is 18.0. The Balaban J connectivity index is 1.66. The molecule has 3 aromatic carbocycles. The number of benzene rings is 3. The van der Waals surface area contributed by atoms with Crippen molar-refractivity contribution in [3.05, 3.63) is 101 Å². The minimum atomic E-state index is -0.383. The number of alkyl carbamates (subject to hydrolysis) is 1. The number of amides is 1. The van der Waals surface area contributed by atoms with Gasteiger partial charge in [-0.15, -0.1) is 0 Å². The summed E-state index contributed by atoms with van der Waals surface area (Å²) in [5.74, 6) is 0. The molecular formula is C24H22N2O2. The highest BCUT2D eigenvalue weighted by molar-refractivity contribution is 6.13. The monoisotopic (exact) mass is 370 g/mol. The second-order valence-corrected chi connectivity index (χ2v) is 6.89. The first-order valence-electron chi connectivity index (χ1n) is 9.39. The van der Waals surface area contributed by atoms with Crippen LogP contribution in [0.3, 0.4) is 0 Å². The summed E-state index contributed by atoms with van der Waals surface area (Å²) in [5, 5.41) is 2.89. The van der Waals surface area contributed by atoms with E-state index in [9.17, 15) is 4.79 Å². The van der Waals surface area contributed by atoms with Gasteiger partial charge in [0.15, 0.2) is 0 Å². The predicted octanol–water partition coefficient (Wildman–Crippen LogP) is 4.68. The van der Waals surface area contributed by atoms with Gasteiger partial charge in [-0.2, -0.15) is 0 Å². The average Bonchev–Trinajstić information content (AvgIpc) is 3.14. The Morgan fingerprint density at radius 3 is 2.11 bits per heavy atom. The number of fused-ring (bicyclic) bond motifs is 1. The van der Waals surface area contributed by atoms with E-state index >= 15 is 0 Å². The molecule has 4 heteroatoms. The highest BCUT2D eigenvalue weighted by Gasteiger charge is 2.23. The number of methoxy groups -OCH3 is 1. The molecule has 1 amide bonds. The molecular weight excluding hydrogens is 348 g/mol. The molecule has 140 valence electrons. The fourth-order valence-corrected chi connectivity index (χ4v) is 3.62. The Bertz CT molecular complexity index is 956. The molecule has 0 unspecified atom stereocenters. The number of aliphatic imine (C=N–C) groups is 1. The van der Waals surface area contributed by atoms with Gasteiger partial charge in [-0.3, -0.25) is 0 Å². The molecule has 0 saturated carbocycles. The molecule has 0 aliphatic heterocycles. The molecule has 3 aromatic rings. The molecule has 0 fully saturated rings. The van der Waals surface area contributed by atoms with Crippen molar-refractivity contribution >= 4 is 17.5 Å². The lowest BCUT2D eigenvalue weighted by molar-refractivity contribution is 0.167. The van der Waals surface area contributed by atoms with Gasteiger partial charge >= 0.3 is 6.09 Å². The van der Waals surface area contributed by atoms with Crippen LogP contribution in [0, 0.1) is 0 Å². The van der Waals surface area contributed by atoms with Crippen LogP contribution in [0.25, 0.3) is 0 Å². The zero-order chi connectivity index (χ0) is 19.3. The van der Waals surface area contributed by atoms with Crippen LogP contribution in [0.15, 0.2) is 83.9 Å². The van der Waals surface area contributed by atoms with Crippen molar-refractivity contribution in [3.8, 4) is 0 Å². The maximum Gasteiger partial charge on any atom is 0.407 e. The van der Waals surface area contributed by atoms with Gasteiger partial charge in [0.05, 0.1) is 18.5 Å². The molecule has 1 atom stereocenters. The summed E-state index contributed by atoms with van der Waals surface area (Å²) in [4.78, 5) is 16.5. The largest absolute Gasteiger partial charge is 0.453 e. The van der Waals surface area contributed by atoms with E-state index in [0.29, 0.717) is 0 Å². The van der Waals surface area contributed by atoms with Crippen LogP contribution in [0.1, 0.15) is 22.3 Å². The van der Waals surface area contributed by atoms with Crippen LogP contribution in [-0.4, -0.2) is 25.0 Å². The van der Waals surface area contributed by atoms with Gasteiger partial charge in [0, 0.05) is 17.2 Å². The van der Waals surface area contributed by atoms with E-state index in [1.54, 1.807) is 0 Å². The molecule has 1 N–H and O–H groups in total. The summed E-state index contributed by atoms with van der Waals surface area (Å²) in [6, 6.07) is 26.8. The Morgan fingerprint density at radius 1 is 0.893 bits per heavy atom. The molecule has 0 heterocycles. The van der Waals surface area contributed by atoms with Gasteiger partial charge < -0.3 is 10.1 Å². The van der Waals surface area contributed by atoms with Crippen molar-refractivity contribution in [3.63, 3.8) is 0 Å². The summed E-state index contributed by atoms with van der Waals surface area (Å²) in [7, 11) is 1.39. The van der Waals surface area contributed by atoms with Crippen molar-refractivity contribution in [1.29, 1.82) is 0 Å². The standard InChI is InChI=1S/C24H22N2O2/c1-28-24(27)26-22-14-19-12-13-21(15-20(19)16-22)25-23(17-8-4-2-5-9-17)18-10-6-3-7-11-18/h2-13,15,22H,14,16H2,1H3,(H,26,27)/t22-/m1/s1. The van der Waals surface area contributed by atoms with Gasteiger partial charge in [-0.1, -0.05) is 66.7 Å². The van der Waals surface area contributed by atoms with Crippen LogP contribution in [0.2, 0.25) is 0 Å². The molecule has 0 bridgehead atoms. The maximum atomic E-state index is 11.5. The number of nitrogens with zero attached hydrogens (tertiary/aromatic N) is 1. The SMILES string of the molecule is COC(=O)N[C@@H]1Cc2ccc(N=C(c3ccccc3)c3ccccc3)cc2C1. The Kier molecular flexibility index (Phi) is 5.20. The summed E-state index contributed by atoms with van der Waals surface area (Å²) in [6.45, 7) is 0. The number of rotatable bonds is 4. The fourth-order valence-electron chi connectivity index (χ4n) is 3.62. The smallest absolute Gasteiger partial charge is 0.407 e. The lowest BCUT2D eigenvalue weighted by Crippen LogP contribution is -2.35. The Morgan fingerprint density at radius 2 is 1.50 bits per heavy atom. The minimum absolute atomic E-state index is 0.0735. The Hall–Kier alpha value is -3.40. The summed E-state index contributed by atoms with van der Waals surface area (Å²) in [5.41, 5.74) is 6.51. The topological polar surface area (TPSA) is 50.7 Å². The molecule has 1 aliphatic rings. The second kappa shape index (κ2) is 8.09. The number of ether oxygens (including phenoxy) is 1. The van der Waals surface area contributed by atoms with Crippen LogP contribution < -0.4 is 5.32 Å². The highest BCUT2D eigenvalue weighted by atomic mass is 16.5. The molecule has 0 radical (unpaired) electrons. The molecule has 1 aliphatic carbocycles. The van der Waals surface area contributed by atoms with E-state index < -0.39 is 0 Å². The number of hydrogen-bond acceptors (Lipinski definition) is 3. The summed E-state index contributed by atoms with van der Waals surface area (Å²) >= 11 is 0. The van der Waals surface area contributed by atoms with E-state index in [-0.39, 0.29) is 12.1 Å². The summed E-state index contributed by atoms with van der Waals surface area (Å²) in [6.07, 6.45) is 1.23. The fraction of sp³-hybridized carbons (Fsp3) is 0.167. The lowest BCUT2D eigenvalue weighted by atomic mass is 10.0. The average molecular weight is 370 g/mol. The van der Waals surface area contributed by atoms with Gasteiger partial charge in [-0.25, -0.2) is 9.79 Å². The van der Waals surface area contributed by atoms with Crippen molar-refractivity contribution in [2.24, 2.45) is 4.99 Å². The van der Waals surface area contributed by atoms with Gasteiger partial charge in [0.1, 0.15) is 0 Å². The molecule has 28 heavy (non-hydrogen) atoms. The third-order valence-electron chi connectivity index (χ3n) is 4.97. The minimum Gasteiger partial charge on any atom is -0.453 e. The van der Waals surface area contributed by atoms with Crippen LogP contribution in [0.4, 0.5) is 10.5 Å². The van der Waals surface area contributed by atoms with E-state index in [0.717, 1.165) is 35.4 Å². The summed E-state index contributed by atoms with van der Waals surface area (Å²) < 4.78 is 4.71. The molecule has 0 saturated heterocycles. The number of nitrogens with one attached hydrogen (secondary N) is 1. The highest BCUT2D eigenvalue weighted by Crippen LogP contribution is 2.28. The predicted molar refractivity (Wildman–Crippen MR) is 111 cm³/mol. The zero-order valence-corrected chi connectivity index (χ0v) is 15.8. The quantitative estimate of drug-likeness (QED) is 0.678. The van der Waals surface area contributed by atoms with Crippen molar-refractivity contribution in [1.82, 2.24) is 5.32 Å². The number of hydrogen-bond donors (Lipinski definition) is 1. The van der Waals surface area contributed by atoms with E-state index in [1.165, 1.54) is 18.2 Å². The zero-order valence-electron chi connectivity index (χ0n) is 15.8. The maximum absolute atomic E-state index is 11.5. The van der Waals surface area contributed by atoms with E-state index in [4.69, 9.17) is 9.73 Å². The first-order chi connectivity index (χ1) is 13.7. The lowest BCUT2D eigenvalue weighted by Gasteiger charge is -2.09. The normalized spacial score (nSPS) is 14.8. The van der Waals surface area contributed by atoms with Gasteiger partial charge in [-0.05, 0) is 36.1 Å². The van der Waals surface area contributed by atoms with Gasteiger partial charge in [0.2, 0.25) is 0 Å². The molecule has 0 aromatic heterocycles.